The first-order valence-electron chi connectivity index (χ1n) is 43.4. The number of Topliss-reactive ketones (excluding diaryl/α,β-unsaturated/α-hetero) is 2. The molecule has 0 spiro atoms. The van der Waals surface area contributed by atoms with Crippen LogP contribution >= 0.6 is 73.9 Å². The van der Waals surface area contributed by atoms with Crippen molar-refractivity contribution in [1.82, 2.24) is 156 Å². The van der Waals surface area contributed by atoms with Gasteiger partial charge in [-0.2, -0.15) is 45.9 Å². The summed E-state index contributed by atoms with van der Waals surface area (Å²) in [4.78, 5) is 52.7. The molecule has 0 saturated heterocycles. The number of nitrogens with one attached hydrogen (secondary N) is 4. The highest BCUT2D eigenvalue weighted by Gasteiger charge is 2.35. The summed E-state index contributed by atoms with van der Waals surface area (Å²) in [5.74, 6) is 6.68. The maximum atomic E-state index is 13.2. The summed E-state index contributed by atoms with van der Waals surface area (Å²) in [7, 11) is 0. The molecule has 1 aliphatic carbocycles. The van der Waals surface area contributed by atoms with Gasteiger partial charge in [-0.25, -0.2) is 47.5 Å². The molecule has 0 aliphatic heterocycles. The van der Waals surface area contributed by atoms with E-state index in [9.17, 15) is 32.8 Å². The lowest BCUT2D eigenvalue weighted by Gasteiger charge is -2.28. The number of H-pyrrole nitrogens is 2. The maximum absolute atomic E-state index is 13.2. The van der Waals surface area contributed by atoms with Gasteiger partial charge in [-0.15, -0.1) is 66.3 Å². The fraction of sp³-hybridized carbons (Fsp3) is 0.380. The van der Waals surface area contributed by atoms with Crippen LogP contribution in [0.5, 0.6) is 0 Å². The molecule has 1 saturated carbocycles. The van der Waals surface area contributed by atoms with Gasteiger partial charge < -0.3 is 20.6 Å². The molecule has 15 aromatic heterocycles. The number of nitrogen functional groups attached to an aromatic ring is 1. The van der Waals surface area contributed by atoms with Crippen LogP contribution in [0.15, 0.2) is 101 Å². The number of ketones is 2. The topological polar surface area (TPSA) is 510 Å². The summed E-state index contributed by atoms with van der Waals surface area (Å²) >= 11 is 31.6. The van der Waals surface area contributed by atoms with Gasteiger partial charge in [0.15, 0.2) is 72.2 Å². The molecule has 15 aromatic rings. The molecule has 0 radical (unpaired) electrons. The van der Waals surface area contributed by atoms with Crippen molar-refractivity contribution in [3.05, 3.63) is 279 Å². The van der Waals surface area contributed by atoms with Crippen molar-refractivity contribution in [3.63, 3.8) is 0 Å². The van der Waals surface area contributed by atoms with Crippen molar-refractivity contribution in [2.24, 2.45) is 5.84 Å². The van der Waals surface area contributed by atoms with Crippen LogP contribution in [0.2, 0.25) is 25.8 Å². The molecule has 48 heteroatoms. The minimum atomic E-state index is -2.49. The Morgan fingerprint density at radius 1 is 0.429 bits per heavy atom. The van der Waals surface area contributed by atoms with Gasteiger partial charge in [-0.3, -0.25) is 29.4 Å². The van der Waals surface area contributed by atoms with E-state index < -0.39 is 11.9 Å². The van der Waals surface area contributed by atoms with Crippen LogP contribution in [-0.4, -0.2) is 192 Å². The van der Waals surface area contributed by atoms with Crippen LogP contribution in [0.3, 0.4) is 0 Å². The second-order valence-corrected chi connectivity index (χ2v) is 34.9. The van der Waals surface area contributed by atoms with E-state index in [2.05, 4.69) is 149 Å². The highest BCUT2D eigenvalue weighted by atomic mass is 79.9. The molecule has 0 amide bonds. The molecular weight excluding hydrogens is 1970 g/mol. The minimum absolute atomic E-state index is 0.0355. The molecule has 140 heavy (non-hydrogen) atoms. The van der Waals surface area contributed by atoms with E-state index in [1.54, 1.807) is 68.4 Å². The second-order valence-electron chi connectivity index (χ2n) is 32.5. The Morgan fingerprint density at radius 2 is 0.779 bits per heavy atom. The Kier molecular flexibility index (Phi) is 43.8. The van der Waals surface area contributed by atoms with Crippen molar-refractivity contribution >= 4 is 97.3 Å². The van der Waals surface area contributed by atoms with E-state index >= 15 is 0 Å². The molecule has 0 atom stereocenters. The number of anilines is 1. The monoisotopic (exact) mass is 2080 g/mol. The lowest BCUT2D eigenvalue weighted by atomic mass is 9.92. The van der Waals surface area contributed by atoms with E-state index in [0.29, 0.717) is 92.1 Å². The van der Waals surface area contributed by atoms with Crippen LogP contribution in [0, 0.1) is 145 Å². The first kappa shape index (κ1) is 114. The predicted octanol–water partition coefficient (Wildman–Crippen LogP) is 15.8. The van der Waals surface area contributed by atoms with Crippen molar-refractivity contribution < 1.29 is 33.0 Å². The zero-order valence-electron chi connectivity index (χ0n) is 82.1. The highest BCUT2D eigenvalue weighted by molar-refractivity contribution is 9.08. The molecule has 40 nitrogen and oxygen atoms in total. The summed E-state index contributed by atoms with van der Waals surface area (Å²) in [6.45, 7) is 45.6. The molecule has 0 bridgehead atoms. The molecule has 16 rings (SSSR count). The van der Waals surface area contributed by atoms with Crippen LogP contribution in [0.4, 0.5) is 14.6 Å². The Labute approximate surface area is 840 Å². The number of nitrogens with two attached hydrogens (primary N) is 1. The van der Waals surface area contributed by atoms with Gasteiger partial charge >= 0.3 is 5.97 Å². The van der Waals surface area contributed by atoms with Crippen molar-refractivity contribution in [2.75, 3.05) is 12.0 Å². The van der Waals surface area contributed by atoms with Crippen molar-refractivity contribution in [1.29, 1.82) is 0 Å². The number of rotatable bonds is 16. The van der Waals surface area contributed by atoms with Crippen LogP contribution in [-0.2, 0) is 32.8 Å². The van der Waals surface area contributed by atoms with E-state index in [1.165, 1.54) is 19.9 Å². The number of hydrogen-bond acceptors (Lipinski definition) is 32. The van der Waals surface area contributed by atoms with E-state index in [-0.39, 0.29) is 60.3 Å². The largest absolute Gasteiger partial charge is 0.461 e. The van der Waals surface area contributed by atoms with Gasteiger partial charge in [0.25, 0.3) is 11.1 Å². The normalized spacial score (nSPS) is 11.6. The standard InChI is InChI=1S/C17H23F2N5.C13H16N4O2.C11H13BrN4.C11H14N4O.2C10H11ClN4.C5H4Cl2N2.C5H7ClN4.C5H6N2O2.C5H8O2/c1-11-8-16(24-13(3)9-12(2)23-24)22-21-15(11)10-20-14-4-6-17(18,19)7-5-14;1-5-19-13(18)12-8(2)6-11(14-15-12)17-10(4)7-9(3)16-17;1-7-4-11(14-13-10(7)6-12)16-9(3)5-8(2)15-16;1-7-4-11(13-12-10(7)6-16)15-9(3)5-8(2)14-15;1-6-4-9(12-13-10(6)11)15-8(3)5-7(2)14-15;1-6-4-9(11)12-13-10(6)15-8(3)5-7(2)14-15;1-3-2-4(6)8-9-5(3)7;1-3-2-4(8-7)9-10-5(3)6;1-3-2-4(8)6-7-5(3)9;1-4(6)3-5(2)7/h8-9,14,20H,4-7,10H2,1-3H3;6-7H,5H2,1-4H3;4-5H,6H2,1-3H3;4-5,16H,6H2,1-3H3;2*4-5H,1-3H3;2H,1H3;2H,7H2,1H3,(H,8,9);2H,1H3,(H,6,8)(H,7,9);3H2,1-2H3. The molecule has 1 aliphatic rings. The molecular formula is C92H113BrCl5F2N33O7. The SMILES string of the molecule is CC(=O)CC(C)=O.CCOC(=O)c1nnc(-n2nc(C)cc2C)cc1C.Cc1cc(=O)[nH][nH]c1=O.Cc1cc(C)n(-c2cc(C)c(CBr)nn2)n1.Cc1cc(C)n(-c2cc(C)c(CNC3CCC(F)(F)CC3)nn2)n1.Cc1cc(C)n(-c2cc(C)c(CO)nn2)n1.Cc1cc(C)n(-c2cc(C)c(Cl)nn2)n1.Cc1cc(C)n(-c2nnc(Cl)cc2C)n1.Cc1cc(Cl)nnc1Cl.Cc1cc(NN)nnc1Cl. The molecule has 1 fully saturated rings. The van der Waals surface area contributed by atoms with E-state index in [4.69, 9.17) is 73.7 Å². The lowest BCUT2D eigenvalue weighted by Crippen LogP contribution is -2.37. The number of ether oxygens (including phenoxy) is 1. The third kappa shape index (κ3) is 35.0. The zero-order chi connectivity index (χ0) is 104. The van der Waals surface area contributed by atoms with Crippen LogP contribution < -0.4 is 27.7 Å². The first-order valence-corrected chi connectivity index (χ1v) is 46.4. The number of esters is 1. The number of aliphatic hydroxyl groups excluding tert-OH is 1. The van der Waals surface area contributed by atoms with E-state index in [0.717, 1.165) is 141 Å². The van der Waals surface area contributed by atoms with Gasteiger partial charge in [-0.05, 0) is 308 Å². The molecule has 15 heterocycles. The fourth-order valence-electron chi connectivity index (χ4n) is 12.9. The summed E-state index contributed by atoms with van der Waals surface area (Å²) < 4.78 is 41.9. The summed E-state index contributed by atoms with van der Waals surface area (Å²) in [6, 6.07) is 28.0. The average molecular weight is 2090 g/mol. The smallest absolute Gasteiger partial charge is 0.359 e. The lowest BCUT2D eigenvalue weighted by molar-refractivity contribution is -0.124. The highest BCUT2D eigenvalue weighted by Crippen LogP contribution is 2.33. The van der Waals surface area contributed by atoms with Crippen LogP contribution in [0.25, 0.3) is 34.9 Å². The van der Waals surface area contributed by atoms with Gasteiger partial charge in [0.2, 0.25) is 5.92 Å². The van der Waals surface area contributed by atoms with Gasteiger partial charge in [-0.1, -0.05) is 73.9 Å². The number of carbonyl (C=O) groups excluding carboxylic acids is 3. The van der Waals surface area contributed by atoms with E-state index in [1.807, 2.05) is 197 Å². The third-order valence-electron chi connectivity index (χ3n) is 19.9. The maximum Gasteiger partial charge on any atom is 0.359 e. The van der Waals surface area contributed by atoms with Crippen molar-refractivity contribution in [3.8, 4) is 34.9 Å². The fourth-order valence-corrected chi connectivity index (χ4v) is 14.2. The number of halogens is 8. The number of aromatic nitrogens is 30. The quantitative estimate of drug-likeness (QED) is 0.0172. The van der Waals surface area contributed by atoms with Gasteiger partial charge in [0, 0.05) is 76.6 Å². The predicted molar refractivity (Wildman–Crippen MR) is 534 cm³/mol. The average Bonchev–Trinajstić information content (AvgIpc) is 1.66. The summed E-state index contributed by atoms with van der Waals surface area (Å²) in [6.07, 6.45) is 1.02. The molecule has 0 unspecified atom stereocenters. The zero-order valence-corrected chi connectivity index (χ0v) is 87.5. The number of hydrogen-bond donors (Lipinski definition) is 6. The first-order chi connectivity index (χ1) is 66.0. The number of hydrazine groups is 1. The molecule has 744 valence electrons. The number of nitrogens with zero attached hydrogens (tertiary/aromatic N) is 28. The van der Waals surface area contributed by atoms with Gasteiger partial charge in [0.1, 0.15) is 11.6 Å². The Balaban J connectivity index is 0.000000215. The number of carbonyl (C=O) groups is 3. The summed E-state index contributed by atoms with van der Waals surface area (Å²) in [5.41, 5.74) is 24.1. The third-order valence-corrected chi connectivity index (χ3v) is 21.9. The van der Waals surface area contributed by atoms with Gasteiger partial charge in [0.05, 0.1) is 70.9 Å². The number of aliphatic hydroxyl groups is 1. The Morgan fingerprint density at radius 3 is 1.10 bits per heavy atom. The second kappa shape index (κ2) is 53.9. The molecule has 0 aromatic carbocycles. The minimum Gasteiger partial charge on any atom is -0.461 e. The number of aromatic amines is 2. The van der Waals surface area contributed by atoms with Crippen LogP contribution in [0.1, 0.15) is 199 Å². The van der Waals surface area contributed by atoms with Crippen molar-refractivity contribution in [2.45, 2.75) is 229 Å². The Bertz CT molecular complexity index is 6760. The summed E-state index contributed by atoms with van der Waals surface area (Å²) in [5, 5.41) is 108. The Hall–Kier alpha value is -13.1. The number of alkyl halides is 3. The number of aryl methyl sites for hydroxylation is 21. The molecule has 7 N–H and O–H groups in total.